The van der Waals surface area contributed by atoms with Gasteiger partial charge in [0.1, 0.15) is 5.75 Å². The number of amides is 2. The van der Waals surface area contributed by atoms with E-state index in [1.807, 2.05) is 17.0 Å². The number of nitrogens with zero attached hydrogens (tertiary/aromatic N) is 3. The van der Waals surface area contributed by atoms with Crippen LogP contribution in [0.3, 0.4) is 0 Å². The number of aliphatic hydroxyl groups excluding tert-OH is 1. The monoisotopic (exact) mass is 501 g/mol. The molecule has 1 aromatic rings. The standard InChI is InChI=1S/C27H39N3O6/c1-2-3-10-28(12-5-13-31)25(33)18-30-16-21(19-7-8-23-20(15-19)9-14-36-23)26(27(34)35)22(30)17-29-11-4-6-24(29)32/h7-8,15,21-22,26,31H,2-6,9-14,16-18H2,1H3,(H,34,35). The molecule has 0 aromatic heterocycles. The number of carbonyl (C=O) groups excluding carboxylic acids is 2. The maximum atomic E-state index is 13.4. The summed E-state index contributed by atoms with van der Waals surface area (Å²) in [6.07, 6.45) is 4.42. The fourth-order valence-electron chi connectivity index (χ4n) is 5.86. The van der Waals surface area contributed by atoms with E-state index in [2.05, 4.69) is 13.0 Å². The molecule has 3 aliphatic rings. The van der Waals surface area contributed by atoms with Crippen LogP contribution in [-0.4, -0.2) is 101 Å². The van der Waals surface area contributed by atoms with E-state index in [-0.39, 0.29) is 30.9 Å². The first-order valence-corrected chi connectivity index (χ1v) is 13.3. The fourth-order valence-corrected chi connectivity index (χ4v) is 5.86. The van der Waals surface area contributed by atoms with Crippen LogP contribution in [0, 0.1) is 5.92 Å². The van der Waals surface area contributed by atoms with Crippen LogP contribution in [0.4, 0.5) is 0 Å². The summed E-state index contributed by atoms with van der Waals surface area (Å²) in [5.41, 5.74) is 2.04. The van der Waals surface area contributed by atoms with Crippen LogP contribution in [0.1, 0.15) is 56.1 Å². The number of carboxylic acid groups (broad SMARTS) is 1. The Kier molecular flexibility index (Phi) is 8.85. The van der Waals surface area contributed by atoms with Crippen molar-refractivity contribution in [2.45, 2.75) is 57.4 Å². The lowest BCUT2D eigenvalue weighted by molar-refractivity contribution is -0.144. The minimum absolute atomic E-state index is 0.0184. The molecular formula is C27H39N3O6. The van der Waals surface area contributed by atoms with Gasteiger partial charge in [-0.25, -0.2) is 0 Å². The van der Waals surface area contributed by atoms with Crippen molar-refractivity contribution < 1.29 is 29.3 Å². The molecule has 0 bridgehead atoms. The highest BCUT2D eigenvalue weighted by atomic mass is 16.5. The molecule has 1 aromatic carbocycles. The predicted octanol–water partition coefficient (Wildman–Crippen LogP) is 1.72. The number of likely N-dealkylation sites (tertiary alicyclic amines) is 2. The molecule has 0 spiro atoms. The van der Waals surface area contributed by atoms with Crippen LogP contribution in [-0.2, 0) is 20.8 Å². The Morgan fingerprint density at radius 2 is 2.00 bits per heavy atom. The fraction of sp³-hybridized carbons (Fsp3) is 0.667. The van der Waals surface area contributed by atoms with Gasteiger partial charge in [-0.05, 0) is 36.5 Å². The lowest BCUT2D eigenvalue weighted by atomic mass is 9.84. The van der Waals surface area contributed by atoms with Crippen molar-refractivity contribution in [2.24, 2.45) is 5.92 Å². The Hall–Kier alpha value is -2.65. The van der Waals surface area contributed by atoms with Crippen LogP contribution in [0.5, 0.6) is 5.75 Å². The summed E-state index contributed by atoms with van der Waals surface area (Å²) >= 11 is 0. The van der Waals surface area contributed by atoms with Crippen molar-refractivity contribution >= 4 is 17.8 Å². The molecule has 0 aliphatic carbocycles. The third kappa shape index (κ3) is 5.83. The number of carbonyl (C=O) groups is 3. The summed E-state index contributed by atoms with van der Waals surface area (Å²) in [7, 11) is 0. The zero-order valence-corrected chi connectivity index (χ0v) is 21.2. The number of fused-ring (bicyclic) bond motifs is 1. The Bertz CT molecular complexity index is 945. The molecule has 2 saturated heterocycles. The van der Waals surface area contributed by atoms with Crippen LogP contribution in [0.15, 0.2) is 18.2 Å². The Morgan fingerprint density at radius 1 is 1.19 bits per heavy atom. The number of aliphatic carboxylic acids is 1. The van der Waals surface area contributed by atoms with Crippen molar-refractivity contribution in [3.63, 3.8) is 0 Å². The van der Waals surface area contributed by atoms with E-state index in [1.54, 1.807) is 9.80 Å². The molecule has 3 atom stereocenters. The number of ether oxygens (including phenoxy) is 1. The highest BCUT2D eigenvalue weighted by molar-refractivity contribution is 5.80. The van der Waals surface area contributed by atoms with Crippen molar-refractivity contribution in [2.75, 3.05) is 52.5 Å². The number of hydrogen-bond donors (Lipinski definition) is 2. The number of aliphatic hydroxyl groups is 1. The summed E-state index contributed by atoms with van der Waals surface area (Å²) < 4.78 is 5.64. The van der Waals surface area contributed by atoms with Gasteiger partial charge in [0.15, 0.2) is 0 Å². The van der Waals surface area contributed by atoms with Crippen LogP contribution in [0.2, 0.25) is 0 Å². The average Bonchev–Trinajstić information content (AvgIpc) is 3.58. The topological polar surface area (TPSA) is 111 Å². The van der Waals surface area contributed by atoms with E-state index < -0.39 is 17.9 Å². The molecule has 2 amide bonds. The normalized spacial score (nSPS) is 23.7. The van der Waals surface area contributed by atoms with E-state index in [4.69, 9.17) is 4.74 Å². The Morgan fingerprint density at radius 3 is 2.69 bits per heavy atom. The maximum absolute atomic E-state index is 13.4. The van der Waals surface area contributed by atoms with E-state index in [1.165, 1.54) is 0 Å². The maximum Gasteiger partial charge on any atom is 0.308 e. The van der Waals surface area contributed by atoms with Gasteiger partial charge < -0.3 is 24.7 Å². The van der Waals surface area contributed by atoms with E-state index >= 15 is 0 Å². The molecule has 3 heterocycles. The third-order valence-electron chi connectivity index (χ3n) is 7.81. The summed E-state index contributed by atoms with van der Waals surface area (Å²) in [4.78, 5) is 44.0. The van der Waals surface area contributed by atoms with Crippen molar-refractivity contribution in [1.82, 2.24) is 14.7 Å². The highest BCUT2D eigenvalue weighted by Gasteiger charge is 2.48. The third-order valence-corrected chi connectivity index (χ3v) is 7.81. The molecule has 3 aliphatic heterocycles. The lowest BCUT2D eigenvalue weighted by Gasteiger charge is -2.32. The van der Waals surface area contributed by atoms with Crippen molar-refractivity contribution in [3.8, 4) is 5.75 Å². The molecule has 9 nitrogen and oxygen atoms in total. The minimum atomic E-state index is -0.897. The number of benzene rings is 1. The quantitative estimate of drug-likeness (QED) is 0.449. The molecule has 9 heteroatoms. The van der Waals surface area contributed by atoms with Gasteiger partial charge in [0, 0.05) is 64.1 Å². The molecule has 198 valence electrons. The van der Waals surface area contributed by atoms with E-state index in [0.29, 0.717) is 52.2 Å². The van der Waals surface area contributed by atoms with Gasteiger partial charge in [-0.15, -0.1) is 0 Å². The zero-order valence-electron chi connectivity index (χ0n) is 21.2. The average molecular weight is 502 g/mol. The molecule has 2 N–H and O–H groups in total. The molecule has 36 heavy (non-hydrogen) atoms. The van der Waals surface area contributed by atoms with E-state index in [9.17, 15) is 24.6 Å². The SMILES string of the molecule is CCCCN(CCCO)C(=O)CN1CC(c2ccc3c(c2)CCO3)C(C(=O)O)C1CN1CCCC1=O. The largest absolute Gasteiger partial charge is 0.493 e. The number of rotatable bonds is 12. The van der Waals surface area contributed by atoms with Crippen LogP contribution < -0.4 is 4.74 Å². The number of unbranched alkanes of at least 4 members (excludes halogenated alkanes) is 1. The first-order chi connectivity index (χ1) is 17.4. The van der Waals surface area contributed by atoms with Gasteiger partial charge in [-0.1, -0.05) is 25.5 Å². The van der Waals surface area contributed by atoms with Gasteiger partial charge in [0.05, 0.1) is 19.1 Å². The van der Waals surface area contributed by atoms with Crippen molar-refractivity contribution in [3.05, 3.63) is 29.3 Å². The second-order valence-electron chi connectivity index (χ2n) is 10.2. The second-order valence-corrected chi connectivity index (χ2v) is 10.2. The minimum Gasteiger partial charge on any atom is -0.493 e. The highest BCUT2D eigenvalue weighted by Crippen LogP contribution is 2.40. The summed E-state index contributed by atoms with van der Waals surface area (Å²) in [6, 6.07) is 5.48. The molecule has 2 fully saturated rings. The summed E-state index contributed by atoms with van der Waals surface area (Å²) in [6.45, 7) is 5.32. The predicted molar refractivity (Wildman–Crippen MR) is 134 cm³/mol. The second kappa shape index (κ2) is 12.1. The summed E-state index contributed by atoms with van der Waals surface area (Å²) in [5.74, 6) is -1.06. The Labute approximate surface area is 213 Å². The van der Waals surface area contributed by atoms with Crippen LogP contribution in [0.25, 0.3) is 0 Å². The van der Waals surface area contributed by atoms with Gasteiger partial charge >= 0.3 is 5.97 Å². The first kappa shape index (κ1) is 26.4. The van der Waals surface area contributed by atoms with Crippen LogP contribution >= 0.6 is 0 Å². The van der Waals surface area contributed by atoms with Gasteiger partial charge in [-0.3, -0.25) is 19.3 Å². The zero-order chi connectivity index (χ0) is 25.7. The van der Waals surface area contributed by atoms with Gasteiger partial charge in [0.25, 0.3) is 0 Å². The van der Waals surface area contributed by atoms with Gasteiger partial charge in [-0.2, -0.15) is 0 Å². The summed E-state index contributed by atoms with van der Waals surface area (Å²) in [5, 5.41) is 19.7. The molecule has 0 saturated carbocycles. The lowest BCUT2D eigenvalue weighted by Crippen LogP contribution is -2.49. The number of carboxylic acids is 1. The van der Waals surface area contributed by atoms with Crippen molar-refractivity contribution in [1.29, 1.82) is 0 Å². The van der Waals surface area contributed by atoms with E-state index in [0.717, 1.165) is 42.6 Å². The smallest absolute Gasteiger partial charge is 0.308 e. The molecule has 3 unspecified atom stereocenters. The molecular weight excluding hydrogens is 462 g/mol. The number of hydrogen-bond acceptors (Lipinski definition) is 6. The molecule has 4 rings (SSSR count). The molecule has 0 radical (unpaired) electrons. The van der Waals surface area contributed by atoms with Gasteiger partial charge in [0.2, 0.25) is 11.8 Å². The first-order valence-electron chi connectivity index (χ1n) is 13.3. The Balaban J connectivity index is 1.60.